The van der Waals surface area contributed by atoms with Gasteiger partial charge in [-0.15, -0.1) is 29.7 Å². The maximum absolute atomic E-state index is 9.48. The molecule has 2 aromatic rings. The van der Waals surface area contributed by atoms with Gasteiger partial charge in [-0.1, -0.05) is 26.1 Å². The Hall–Kier alpha value is -0.189. The van der Waals surface area contributed by atoms with E-state index in [9.17, 15) is 4.79 Å². The molecular formula is C14H19Cl2NOSiTi-2. The molecule has 0 heterocycles. The summed E-state index contributed by atoms with van der Waals surface area (Å²) < 4.78 is 0. The van der Waals surface area contributed by atoms with E-state index in [0.29, 0.717) is 6.42 Å². The normalized spacial score (nSPS) is 8.05. The van der Waals surface area contributed by atoms with E-state index in [-0.39, 0.29) is 0 Å². The quantitative estimate of drug-likeness (QED) is 0.473. The number of nitrogens with one attached hydrogen (secondary N) is 1. The van der Waals surface area contributed by atoms with Gasteiger partial charge in [0.2, 0.25) is 0 Å². The molecule has 0 saturated carbocycles. The molecule has 110 valence electrons. The standard InChI is InChI=1S/C9H7.C3H7NO.C2H6Si.2ClH.Ti/c1-2-5-9-7-3-6-8(9)4-1;1-2-3(4)5;1-3-2;;;/h1-7H;2H2,1H3,(H2,4,5);1-2H3;2*1H;/q-1;;;;;+2/p-3. The summed E-state index contributed by atoms with van der Waals surface area (Å²) in [5.74, 6) is -0.495. The van der Waals surface area contributed by atoms with E-state index in [0.717, 1.165) is 9.52 Å². The van der Waals surface area contributed by atoms with Gasteiger partial charge in [-0.05, 0) is 6.42 Å². The van der Waals surface area contributed by atoms with Gasteiger partial charge in [0.05, 0.1) is 0 Å². The van der Waals surface area contributed by atoms with Gasteiger partial charge in [0.25, 0.3) is 0 Å². The van der Waals surface area contributed by atoms with Crippen molar-refractivity contribution < 1.29 is 21.8 Å². The van der Waals surface area contributed by atoms with Crippen LogP contribution in [0.15, 0.2) is 42.5 Å². The van der Waals surface area contributed by atoms with Gasteiger partial charge in [0, 0.05) is 15.4 Å². The molecule has 0 aliphatic rings. The Balaban J connectivity index is 0. The van der Waals surface area contributed by atoms with Crippen LogP contribution >= 0.6 is 18.6 Å². The molecule has 0 aliphatic heterocycles. The Kier molecular flexibility index (Phi) is 18.6. The maximum atomic E-state index is 9.48. The molecule has 0 aromatic heterocycles. The monoisotopic (exact) mass is 363 g/mol. The first-order chi connectivity index (χ1) is 9.56. The van der Waals surface area contributed by atoms with Crippen LogP contribution in [0.2, 0.25) is 13.1 Å². The van der Waals surface area contributed by atoms with E-state index < -0.39 is 22.9 Å². The molecule has 1 amide bonds. The number of amides is 1. The SMILES string of the molecule is CCC([NH-])=O.C[Si]C.[Cl][Ti][Cl].c1ccc2[cH-]ccc2c1. The number of halogens is 2. The van der Waals surface area contributed by atoms with Crippen LogP contribution in [0.1, 0.15) is 13.3 Å². The molecule has 0 spiro atoms. The smallest absolute Gasteiger partial charge is 0.0809 e. The van der Waals surface area contributed by atoms with Crippen LogP contribution in [-0.2, 0) is 21.8 Å². The number of hydrogen-bond acceptors (Lipinski definition) is 1. The molecule has 2 rings (SSSR count). The van der Waals surface area contributed by atoms with Crippen molar-refractivity contribution in [1.82, 2.24) is 0 Å². The minimum atomic E-state index is -0.556. The van der Waals surface area contributed by atoms with Crippen LogP contribution in [0.25, 0.3) is 16.5 Å². The van der Waals surface area contributed by atoms with Crippen molar-refractivity contribution in [3.63, 3.8) is 0 Å². The van der Waals surface area contributed by atoms with Crippen LogP contribution in [0.3, 0.4) is 0 Å². The van der Waals surface area contributed by atoms with Crippen LogP contribution < -0.4 is 0 Å². The van der Waals surface area contributed by atoms with Gasteiger partial charge >= 0.3 is 35.6 Å². The van der Waals surface area contributed by atoms with Gasteiger partial charge in [0.1, 0.15) is 0 Å². The predicted molar refractivity (Wildman–Crippen MR) is 88.3 cm³/mol. The Morgan fingerprint density at radius 1 is 1.30 bits per heavy atom. The number of carbonyl (C=O) groups excluding carboxylic acids is 1. The second-order valence-electron chi connectivity index (χ2n) is 3.50. The van der Waals surface area contributed by atoms with Crippen molar-refractivity contribution in [3.05, 3.63) is 48.2 Å². The number of benzene rings is 1. The zero-order valence-electron chi connectivity index (χ0n) is 11.9. The summed E-state index contributed by atoms with van der Waals surface area (Å²) in [5.41, 5.74) is 6.19. The fourth-order valence-corrected chi connectivity index (χ4v) is 1.07. The summed E-state index contributed by atoms with van der Waals surface area (Å²) >= 11 is -0.556. The molecule has 2 aromatic carbocycles. The minimum absolute atomic E-state index is 0.333. The molecular weight excluding hydrogens is 345 g/mol. The average Bonchev–Trinajstić information content (AvgIpc) is 2.89. The molecule has 1 N–H and O–H groups in total. The summed E-state index contributed by atoms with van der Waals surface area (Å²) in [6, 6.07) is 14.7. The van der Waals surface area contributed by atoms with Gasteiger partial charge < -0.3 is 10.5 Å². The number of hydrogen-bond donors (Lipinski definition) is 0. The maximum Gasteiger partial charge on any atom is -0.0809 e. The number of rotatable bonds is 1. The van der Waals surface area contributed by atoms with Crippen molar-refractivity contribution in [3.8, 4) is 0 Å². The Labute approximate surface area is 140 Å². The molecule has 0 fully saturated rings. The predicted octanol–water partition coefficient (Wildman–Crippen LogP) is 5.70. The van der Waals surface area contributed by atoms with Crippen molar-refractivity contribution in [2.45, 2.75) is 26.4 Å². The van der Waals surface area contributed by atoms with Gasteiger partial charge in [0.15, 0.2) is 0 Å². The fraction of sp³-hybridized carbons (Fsp3) is 0.286. The molecule has 20 heavy (non-hydrogen) atoms. The second-order valence-corrected chi connectivity index (χ2v) is 7.08. The Morgan fingerprint density at radius 3 is 2.15 bits per heavy atom. The minimum Gasteiger partial charge on any atom is -0.168 e. The van der Waals surface area contributed by atoms with E-state index >= 15 is 0 Å². The first kappa shape index (κ1) is 22.1. The summed E-state index contributed by atoms with van der Waals surface area (Å²) in [6.07, 6.45) is 0.333. The number of fused-ring (bicyclic) bond motifs is 1. The molecule has 2 nitrogen and oxygen atoms in total. The van der Waals surface area contributed by atoms with Crippen LogP contribution in [0.4, 0.5) is 0 Å². The average molecular weight is 364 g/mol. The van der Waals surface area contributed by atoms with Gasteiger partial charge in [-0.3, -0.25) is 0 Å². The second kappa shape index (κ2) is 16.9. The van der Waals surface area contributed by atoms with Crippen LogP contribution in [-0.4, -0.2) is 15.4 Å². The van der Waals surface area contributed by atoms with Crippen LogP contribution in [0, 0.1) is 0 Å². The largest absolute Gasteiger partial charge is 0.168 e. The van der Waals surface area contributed by atoms with Crippen LogP contribution in [0.5, 0.6) is 0 Å². The summed E-state index contributed by atoms with van der Waals surface area (Å²) in [6.45, 7) is 5.97. The molecule has 0 bridgehead atoms. The van der Waals surface area contributed by atoms with E-state index in [2.05, 4.69) is 55.6 Å². The van der Waals surface area contributed by atoms with Gasteiger partial charge in [-0.2, -0.15) is 17.5 Å². The summed E-state index contributed by atoms with van der Waals surface area (Å²) in [5, 5.41) is 2.66. The molecule has 6 heteroatoms. The first-order valence-corrected chi connectivity index (χ1v) is 12.3. The molecule has 0 saturated heterocycles. The van der Waals surface area contributed by atoms with Crippen molar-refractivity contribution >= 4 is 44.8 Å². The Bertz CT molecular complexity index is 419. The van der Waals surface area contributed by atoms with E-state index in [1.54, 1.807) is 6.92 Å². The van der Waals surface area contributed by atoms with Crippen molar-refractivity contribution in [1.29, 1.82) is 0 Å². The van der Waals surface area contributed by atoms with E-state index in [1.165, 1.54) is 10.8 Å². The molecule has 0 atom stereocenters. The van der Waals surface area contributed by atoms with Crippen molar-refractivity contribution in [2.75, 3.05) is 0 Å². The Morgan fingerprint density at radius 2 is 1.75 bits per heavy atom. The molecule has 2 radical (unpaired) electrons. The summed E-state index contributed by atoms with van der Waals surface area (Å²) in [7, 11) is 10.9. The zero-order chi connectivity index (χ0) is 15.8. The third-order valence-electron chi connectivity index (χ3n) is 1.87. The zero-order valence-corrected chi connectivity index (χ0v) is 16.0. The third-order valence-corrected chi connectivity index (χ3v) is 1.87. The molecule has 0 unspecified atom stereocenters. The third kappa shape index (κ3) is 14.2. The topological polar surface area (TPSA) is 40.9 Å². The number of carbonyl (C=O) groups is 1. The van der Waals surface area contributed by atoms with Gasteiger partial charge in [-0.25, -0.2) is 0 Å². The molecule has 0 aliphatic carbocycles. The fourth-order valence-electron chi connectivity index (χ4n) is 1.07. The van der Waals surface area contributed by atoms with E-state index in [1.807, 2.05) is 0 Å². The van der Waals surface area contributed by atoms with Crippen molar-refractivity contribution in [2.24, 2.45) is 0 Å². The first-order valence-electron chi connectivity index (χ1n) is 5.96. The van der Waals surface area contributed by atoms with E-state index in [4.69, 9.17) is 24.3 Å². The summed E-state index contributed by atoms with van der Waals surface area (Å²) in [4.78, 5) is 9.48.